The first-order valence-electron chi connectivity index (χ1n) is 7.26. The van der Waals surface area contributed by atoms with Crippen molar-refractivity contribution in [2.45, 2.75) is 33.1 Å². The van der Waals surface area contributed by atoms with Crippen LogP contribution in [0.5, 0.6) is 5.75 Å². The van der Waals surface area contributed by atoms with Crippen LogP contribution in [0.25, 0.3) is 10.9 Å². The molecular weight excluding hydrogens is 236 g/mol. The van der Waals surface area contributed by atoms with Crippen molar-refractivity contribution in [1.29, 1.82) is 0 Å². The zero-order valence-electron chi connectivity index (χ0n) is 11.9. The molecule has 2 aromatic rings. The molecule has 0 radical (unpaired) electrons. The third-order valence-corrected chi connectivity index (χ3v) is 3.52. The van der Waals surface area contributed by atoms with E-state index in [4.69, 9.17) is 0 Å². The first kappa shape index (κ1) is 13.9. The van der Waals surface area contributed by atoms with Crippen LogP contribution in [-0.4, -0.2) is 34.6 Å². The van der Waals surface area contributed by atoms with E-state index in [0.717, 1.165) is 31.6 Å². The van der Waals surface area contributed by atoms with Gasteiger partial charge in [0.05, 0.1) is 0 Å². The third kappa shape index (κ3) is 3.51. The molecule has 0 amide bonds. The van der Waals surface area contributed by atoms with E-state index in [0.29, 0.717) is 5.75 Å². The quantitative estimate of drug-likeness (QED) is 0.799. The highest BCUT2D eigenvalue weighted by Gasteiger charge is 2.07. The lowest BCUT2D eigenvalue weighted by Crippen LogP contribution is -2.27. The summed E-state index contributed by atoms with van der Waals surface area (Å²) in [5.41, 5.74) is 2.25. The predicted molar refractivity (Wildman–Crippen MR) is 80.7 cm³/mol. The van der Waals surface area contributed by atoms with Gasteiger partial charge in [0, 0.05) is 29.7 Å². The number of benzene rings is 1. The molecule has 0 bridgehead atoms. The van der Waals surface area contributed by atoms with E-state index >= 15 is 0 Å². The molecule has 0 aliphatic heterocycles. The number of hydrogen-bond acceptors (Lipinski definition) is 2. The molecule has 0 fully saturated rings. The van der Waals surface area contributed by atoms with Gasteiger partial charge < -0.3 is 15.0 Å². The number of phenols is 1. The van der Waals surface area contributed by atoms with Gasteiger partial charge in [-0.3, -0.25) is 0 Å². The molecule has 0 aliphatic rings. The number of aromatic amines is 1. The Morgan fingerprint density at radius 1 is 1.11 bits per heavy atom. The first-order chi connectivity index (χ1) is 9.24. The van der Waals surface area contributed by atoms with Gasteiger partial charge in [-0.1, -0.05) is 13.8 Å². The van der Waals surface area contributed by atoms with Crippen LogP contribution in [0.4, 0.5) is 0 Å². The molecule has 2 rings (SSSR count). The van der Waals surface area contributed by atoms with Crippen LogP contribution in [0, 0.1) is 0 Å². The minimum atomic E-state index is 0.350. The second kappa shape index (κ2) is 6.62. The van der Waals surface area contributed by atoms with Gasteiger partial charge in [0.25, 0.3) is 0 Å². The maximum atomic E-state index is 9.77. The average Bonchev–Trinajstić information content (AvgIpc) is 2.84. The Balaban J connectivity index is 2.09. The number of nitrogens with one attached hydrogen (secondary N) is 1. The van der Waals surface area contributed by atoms with Crippen molar-refractivity contribution in [2.75, 3.05) is 19.6 Å². The van der Waals surface area contributed by atoms with Crippen LogP contribution in [0.1, 0.15) is 32.3 Å². The highest BCUT2D eigenvalue weighted by molar-refractivity contribution is 5.84. The van der Waals surface area contributed by atoms with Gasteiger partial charge in [-0.15, -0.1) is 0 Å². The van der Waals surface area contributed by atoms with E-state index in [1.54, 1.807) is 6.07 Å². The van der Waals surface area contributed by atoms with E-state index in [1.165, 1.54) is 23.8 Å². The number of aromatic nitrogens is 1. The Bertz CT molecular complexity index is 512. The van der Waals surface area contributed by atoms with E-state index in [2.05, 4.69) is 29.8 Å². The Hall–Kier alpha value is -1.48. The molecule has 1 aromatic heterocycles. The Labute approximate surface area is 115 Å². The first-order valence-corrected chi connectivity index (χ1v) is 7.26. The number of fused-ring (bicyclic) bond motifs is 1. The summed E-state index contributed by atoms with van der Waals surface area (Å²) in [5, 5.41) is 11.0. The van der Waals surface area contributed by atoms with E-state index < -0.39 is 0 Å². The third-order valence-electron chi connectivity index (χ3n) is 3.52. The van der Waals surface area contributed by atoms with E-state index in [-0.39, 0.29) is 0 Å². The van der Waals surface area contributed by atoms with Crippen molar-refractivity contribution in [1.82, 2.24) is 9.88 Å². The number of rotatable bonds is 7. The molecular formula is C16H24N2O. The molecule has 0 spiro atoms. The normalized spacial score (nSPS) is 11.5. The fraction of sp³-hybridized carbons (Fsp3) is 0.500. The van der Waals surface area contributed by atoms with Crippen LogP contribution in [0.15, 0.2) is 24.4 Å². The van der Waals surface area contributed by atoms with Crippen molar-refractivity contribution in [3.8, 4) is 5.75 Å². The van der Waals surface area contributed by atoms with Crippen molar-refractivity contribution in [2.24, 2.45) is 0 Å². The highest BCUT2D eigenvalue weighted by Crippen LogP contribution is 2.24. The van der Waals surface area contributed by atoms with E-state index in [1.807, 2.05) is 12.3 Å². The van der Waals surface area contributed by atoms with Crippen LogP contribution in [-0.2, 0) is 6.42 Å². The molecule has 1 aromatic carbocycles. The Morgan fingerprint density at radius 3 is 2.53 bits per heavy atom. The summed E-state index contributed by atoms with van der Waals surface area (Å²) in [6.07, 6.45) is 5.31. The topological polar surface area (TPSA) is 39.3 Å². The summed E-state index contributed by atoms with van der Waals surface area (Å²) in [6.45, 7) is 7.82. The summed E-state index contributed by atoms with van der Waals surface area (Å²) in [5.74, 6) is 0.350. The second-order valence-corrected chi connectivity index (χ2v) is 5.14. The number of H-pyrrole nitrogens is 1. The smallest absolute Gasteiger partial charge is 0.117 e. The molecule has 0 saturated heterocycles. The molecule has 3 nitrogen and oxygen atoms in total. The van der Waals surface area contributed by atoms with Gasteiger partial charge in [0.2, 0.25) is 0 Å². The maximum absolute atomic E-state index is 9.77. The van der Waals surface area contributed by atoms with Gasteiger partial charge in [0.15, 0.2) is 0 Å². The zero-order chi connectivity index (χ0) is 13.7. The minimum absolute atomic E-state index is 0.350. The standard InChI is InChI=1S/C16H24N2O/c1-3-8-18(9-4-2)10-6-13-11-14(19)12-16-15(13)5-7-17-16/h5,7,11-12,17,19H,3-4,6,8-10H2,1-2H3. The van der Waals surface area contributed by atoms with Crippen molar-refractivity contribution in [3.05, 3.63) is 30.0 Å². The Kier molecular flexibility index (Phi) is 4.86. The zero-order valence-corrected chi connectivity index (χ0v) is 11.9. The molecule has 2 N–H and O–H groups in total. The number of phenolic OH excluding ortho intramolecular Hbond substituents is 1. The van der Waals surface area contributed by atoms with Crippen molar-refractivity contribution >= 4 is 10.9 Å². The fourth-order valence-corrected chi connectivity index (χ4v) is 2.68. The van der Waals surface area contributed by atoms with Gasteiger partial charge in [-0.2, -0.15) is 0 Å². The molecule has 19 heavy (non-hydrogen) atoms. The lowest BCUT2D eigenvalue weighted by atomic mass is 10.1. The number of nitrogens with zero attached hydrogens (tertiary/aromatic N) is 1. The lowest BCUT2D eigenvalue weighted by molar-refractivity contribution is 0.278. The molecule has 1 heterocycles. The number of hydrogen-bond donors (Lipinski definition) is 2. The molecule has 0 unspecified atom stereocenters. The molecule has 0 aliphatic carbocycles. The van der Waals surface area contributed by atoms with Crippen molar-refractivity contribution < 1.29 is 5.11 Å². The molecule has 0 atom stereocenters. The van der Waals surface area contributed by atoms with Crippen LogP contribution < -0.4 is 0 Å². The molecule has 0 saturated carbocycles. The summed E-state index contributed by atoms with van der Waals surface area (Å²) < 4.78 is 0. The average molecular weight is 260 g/mol. The monoisotopic (exact) mass is 260 g/mol. The minimum Gasteiger partial charge on any atom is -0.508 e. The van der Waals surface area contributed by atoms with Gasteiger partial charge in [-0.25, -0.2) is 0 Å². The maximum Gasteiger partial charge on any atom is 0.117 e. The fourth-order valence-electron chi connectivity index (χ4n) is 2.68. The van der Waals surface area contributed by atoms with Crippen LogP contribution >= 0.6 is 0 Å². The SMILES string of the molecule is CCCN(CCC)CCc1cc(O)cc2[nH]ccc12. The van der Waals surface area contributed by atoms with Crippen molar-refractivity contribution in [3.63, 3.8) is 0 Å². The Morgan fingerprint density at radius 2 is 1.84 bits per heavy atom. The summed E-state index contributed by atoms with van der Waals surface area (Å²) in [6, 6.07) is 5.77. The predicted octanol–water partition coefficient (Wildman–Crippen LogP) is 3.54. The largest absolute Gasteiger partial charge is 0.508 e. The summed E-state index contributed by atoms with van der Waals surface area (Å²) in [7, 11) is 0. The van der Waals surface area contributed by atoms with Gasteiger partial charge in [-0.05, 0) is 50.0 Å². The molecule has 104 valence electrons. The molecule has 3 heteroatoms. The number of aromatic hydroxyl groups is 1. The van der Waals surface area contributed by atoms with E-state index in [9.17, 15) is 5.11 Å². The summed E-state index contributed by atoms with van der Waals surface area (Å²) in [4.78, 5) is 5.67. The van der Waals surface area contributed by atoms with Gasteiger partial charge >= 0.3 is 0 Å². The second-order valence-electron chi connectivity index (χ2n) is 5.14. The van der Waals surface area contributed by atoms with Crippen LogP contribution in [0.2, 0.25) is 0 Å². The van der Waals surface area contributed by atoms with Gasteiger partial charge in [0.1, 0.15) is 5.75 Å². The summed E-state index contributed by atoms with van der Waals surface area (Å²) >= 11 is 0. The van der Waals surface area contributed by atoms with Crippen LogP contribution in [0.3, 0.4) is 0 Å². The lowest BCUT2D eigenvalue weighted by Gasteiger charge is -2.21. The highest BCUT2D eigenvalue weighted by atomic mass is 16.3.